The number of allylic oxidation sites excluding steroid dienone is 2. The predicted molar refractivity (Wildman–Crippen MR) is 51.1 cm³/mol. The number of benzene rings is 1. The van der Waals surface area contributed by atoms with Gasteiger partial charge in [-0.25, -0.2) is 0 Å². The van der Waals surface area contributed by atoms with E-state index in [0.29, 0.717) is 5.76 Å². The normalized spacial score (nSPS) is 11.6. The fourth-order valence-corrected chi connectivity index (χ4v) is 1.06. The van der Waals surface area contributed by atoms with E-state index in [-0.39, 0.29) is 0 Å². The molecule has 0 spiro atoms. The topological polar surface area (TPSA) is 20.2 Å². The number of aliphatic hydroxyl groups excluding tert-OH is 1. The fourth-order valence-electron chi connectivity index (χ4n) is 1.06. The molecule has 0 aliphatic rings. The van der Waals surface area contributed by atoms with Gasteiger partial charge < -0.3 is 5.11 Å². The Kier molecular flexibility index (Phi) is 3.39. The van der Waals surface area contributed by atoms with Crippen molar-refractivity contribution in [1.82, 2.24) is 0 Å². The van der Waals surface area contributed by atoms with Gasteiger partial charge in [-0.2, -0.15) is 0 Å². The summed E-state index contributed by atoms with van der Waals surface area (Å²) in [5, 5.41) is 9.18. The van der Waals surface area contributed by atoms with Gasteiger partial charge in [-0.3, -0.25) is 0 Å². The van der Waals surface area contributed by atoms with Crippen LogP contribution in [-0.4, -0.2) is 5.11 Å². The lowest BCUT2D eigenvalue weighted by Gasteiger charge is -1.99. The molecule has 12 heavy (non-hydrogen) atoms. The van der Waals surface area contributed by atoms with Crippen LogP contribution in [0.1, 0.15) is 18.9 Å². The molecule has 0 bridgehead atoms. The lowest BCUT2D eigenvalue weighted by Crippen LogP contribution is -1.87. The molecule has 64 valence electrons. The van der Waals surface area contributed by atoms with Gasteiger partial charge in [-0.05, 0) is 25.0 Å². The van der Waals surface area contributed by atoms with Gasteiger partial charge in [0.25, 0.3) is 0 Å². The first-order chi connectivity index (χ1) is 5.83. The summed E-state index contributed by atoms with van der Waals surface area (Å²) in [6, 6.07) is 10.2. The van der Waals surface area contributed by atoms with E-state index in [9.17, 15) is 5.11 Å². The molecule has 0 atom stereocenters. The third kappa shape index (κ3) is 2.79. The van der Waals surface area contributed by atoms with Crippen LogP contribution in [0.3, 0.4) is 0 Å². The second-order valence-corrected chi connectivity index (χ2v) is 2.77. The van der Waals surface area contributed by atoms with Gasteiger partial charge in [0.05, 0.1) is 5.76 Å². The molecular weight excluding hydrogens is 148 g/mol. The van der Waals surface area contributed by atoms with Crippen molar-refractivity contribution in [3.63, 3.8) is 0 Å². The molecule has 1 aromatic carbocycles. The summed E-state index contributed by atoms with van der Waals surface area (Å²) in [7, 11) is 0. The van der Waals surface area contributed by atoms with Crippen molar-refractivity contribution in [2.24, 2.45) is 0 Å². The minimum atomic E-state index is 0.471. The maximum absolute atomic E-state index is 9.18. The Morgan fingerprint density at radius 1 is 1.33 bits per heavy atom. The smallest absolute Gasteiger partial charge is 0.0883 e. The lowest BCUT2D eigenvalue weighted by atomic mass is 10.1. The average molecular weight is 162 g/mol. The maximum atomic E-state index is 9.18. The largest absolute Gasteiger partial charge is 0.513 e. The van der Waals surface area contributed by atoms with Gasteiger partial charge >= 0.3 is 0 Å². The van der Waals surface area contributed by atoms with E-state index in [0.717, 1.165) is 12.8 Å². The standard InChI is InChI=1S/C11H14O/c1-2-11(12)9-8-10-6-4-3-5-7-10/h2-7,12H,8-9H2,1H3. The van der Waals surface area contributed by atoms with E-state index < -0.39 is 0 Å². The van der Waals surface area contributed by atoms with E-state index in [1.165, 1.54) is 5.56 Å². The van der Waals surface area contributed by atoms with E-state index in [2.05, 4.69) is 12.1 Å². The van der Waals surface area contributed by atoms with E-state index in [1.54, 1.807) is 6.08 Å². The van der Waals surface area contributed by atoms with Gasteiger partial charge in [0.15, 0.2) is 0 Å². The lowest BCUT2D eigenvalue weighted by molar-refractivity contribution is 0.387. The minimum absolute atomic E-state index is 0.471. The Balaban J connectivity index is 2.44. The molecule has 1 rings (SSSR count). The molecule has 0 saturated carbocycles. The molecule has 0 unspecified atom stereocenters. The average Bonchev–Trinajstić information content (AvgIpc) is 2.16. The summed E-state index contributed by atoms with van der Waals surface area (Å²) >= 11 is 0. The van der Waals surface area contributed by atoms with Crippen molar-refractivity contribution in [1.29, 1.82) is 0 Å². The van der Waals surface area contributed by atoms with E-state index >= 15 is 0 Å². The molecule has 1 aromatic rings. The molecule has 0 aromatic heterocycles. The van der Waals surface area contributed by atoms with Crippen molar-refractivity contribution in [3.8, 4) is 0 Å². The molecule has 0 saturated heterocycles. The zero-order valence-corrected chi connectivity index (χ0v) is 7.33. The highest BCUT2D eigenvalue weighted by Crippen LogP contribution is 2.06. The van der Waals surface area contributed by atoms with Crippen LogP contribution < -0.4 is 0 Å². The first kappa shape index (κ1) is 8.85. The van der Waals surface area contributed by atoms with Crippen LogP contribution in [0.5, 0.6) is 0 Å². The Hall–Kier alpha value is -1.24. The molecule has 0 heterocycles. The Morgan fingerprint density at radius 3 is 2.58 bits per heavy atom. The summed E-state index contributed by atoms with van der Waals surface area (Å²) in [6.07, 6.45) is 3.39. The van der Waals surface area contributed by atoms with Crippen LogP contribution in [-0.2, 0) is 6.42 Å². The zero-order chi connectivity index (χ0) is 8.81. The third-order valence-corrected chi connectivity index (χ3v) is 1.85. The van der Waals surface area contributed by atoms with Crippen LogP contribution in [0.15, 0.2) is 42.2 Å². The van der Waals surface area contributed by atoms with Crippen molar-refractivity contribution < 1.29 is 5.11 Å². The van der Waals surface area contributed by atoms with Gasteiger partial charge in [0.2, 0.25) is 0 Å². The molecule has 0 amide bonds. The van der Waals surface area contributed by atoms with Crippen molar-refractivity contribution in [3.05, 3.63) is 47.7 Å². The van der Waals surface area contributed by atoms with Gasteiger partial charge in [-0.15, -0.1) is 0 Å². The monoisotopic (exact) mass is 162 g/mol. The van der Waals surface area contributed by atoms with Crippen molar-refractivity contribution >= 4 is 0 Å². The number of rotatable bonds is 3. The molecule has 1 N–H and O–H groups in total. The third-order valence-electron chi connectivity index (χ3n) is 1.85. The molecule has 1 heteroatoms. The SMILES string of the molecule is CC=C(O)CCc1ccccc1. The summed E-state index contributed by atoms with van der Waals surface area (Å²) in [6.45, 7) is 1.85. The summed E-state index contributed by atoms with van der Waals surface area (Å²) in [5.74, 6) is 0.471. The van der Waals surface area contributed by atoms with E-state index in [4.69, 9.17) is 0 Å². The summed E-state index contributed by atoms with van der Waals surface area (Å²) < 4.78 is 0. The fraction of sp³-hybridized carbons (Fsp3) is 0.273. The number of hydrogen-bond donors (Lipinski definition) is 1. The molecule has 0 fully saturated rings. The number of aliphatic hydroxyl groups is 1. The van der Waals surface area contributed by atoms with Gasteiger partial charge in [0.1, 0.15) is 0 Å². The molecule has 0 aliphatic carbocycles. The Bertz CT molecular complexity index is 249. The first-order valence-corrected chi connectivity index (χ1v) is 4.21. The van der Waals surface area contributed by atoms with Crippen LogP contribution in [0, 0.1) is 0 Å². The van der Waals surface area contributed by atoms with Gasteiger partial charge in [-0.1, -0.05) is 30.3 Å². The van der Waals surface area contributed by atoms with Crippen molar-refractivity contribution in [2.75, 3.05) is 0 Å². The first-order valence-electron chi connectivity index (χ1n) is 4.21. The number of aryl methyl sites for hydroxylation is 1. The predicted octanol–water partition coefficient (Wildman–Crippen LogP) is 3.08. The van der Waals surface area contributed by atoms with Crippen LogP contribution in [0.4, 0.5) is 0 Å². The highest BCUT2D eigenvalue weighted by molar-refractivity contribution is 5.15. The van der Waals surface area contributed by atoms with E-state index in [1.807, 2.05) is 25.1 Å². The van der Waals surface area contributed by atoms with Crippen LogP contribution in [0.25, 0.3) is 0 Å². The molecular formula is C11H14O. The van der Waals surface area contributed by atoms with Crippen LogP contribution >= 0.6 is 0 Å². The minimum Gasteiger partial charge on any atom is -0.513 e. The second-order valence-electron chi connectivity index (χ2n) is 2.77. The zero-order valence-electron chi connectivity index (χ0n) is 7.33. The second kappa shape index (κ2) is 4.60. The molecule has 0 radical (unpaired) electrons. The maximum Gasteiger partial charge on any atom is 0.0883 e. The number of hydrogen-bond acceptors (Lipinski definition) is 1. The quantitative estimate of drug-likeness (QED) is 0.677. The Morgan fingerprint density at radius 2 is 2.00 bits per heavy atom. The summed E-state index contributed by atoms with van der Waals surface area (Å²) in [4.78, 5) is 0. The highest BCUT2D eigenvalue weighted by atomic mass is 16.3. The Labute approximate surface area is 73.4 Å². The molecule has 1 nitrogen and oxygen atoms in total. The summed E-state index contributed by atoms with van der Waals surface area (Å²) in [5.41, 5.74) is 1.27. The van der Waals surface area contributed by atoms with Crippen molar-refractivity contribution in [2.45, 2.75) is 19.8 Å². The highest BCUT2D eigenvalue weighted by Gasteiger charge is 1.93. The van der Waals surface area contributed by atoms with Gasteiger partial charge in [0, 0.05) is 6.42 Å². The van der Waals surface area contributed by atoms with Crippen LogP contribution in [0.2, 0.25) is 0 Å². The molecule has 0 aliphatic heterocycles.